The molecule has 0 bridgehead atoms. The number of carbonyl (C=O) groups is 1. The molecular formula is C12H25N3O. The van der Waals surface area contributed by atoms with E-state index in [-0.39, 0.29) is 5.91 Å². The molecule has 1 unspecified atom stereocenters. The minimum Gasteiger partial charge on any atom is -0.343 e. The summed E-state index contributed by atoms with van der Waals surface area (Å²) in [5.74, 6) is 0.286. The van der Waals surface area contributed by atoms with E-state index in [0.29, 0.717) is 12.5 Å². The second kappa shape index (κ2) is 6.86. The van der Waals surface area contributed by atoms with Gasteiger partial charge in [0.05, 0.1) is 0 Å². The van der Waals surface area contributed by atoms with Crippen LogP contribution < -0.4 is 5.73 Å². The van der Waals surface area contributed by atoms with Gasteiger partial charge in [0.15, 0.2) is 0 Å². The monoisotopic (exact) mass is 227 g/mol. The molecule has 0 radical (unpaired) electrons. The lowest BCUT2D eigenvalue weighted by Crippen LogP contribution is -2.32. The van der Waals surface area contributed by atoms with Crippen LogP contribution in [0.1, 0.15) is 33.1 Å². The summed E-state index contributed by atoms with van der Waals surface area (Å²) >= 11 is 0. The molecule has 1 rings (SSSR count). The van der Waals surface area contributed by atoms with Crippen LogP contribution in [0.2, 0.25) is 0 Å². The smallest absolute Gasteiger partial charge is 0.222 e. The van der Waals surface area contributed by atoms with Crippen molar-refractivity contribution in [3.63, 3.8) is 0 Å². The molecule has 0 spiro atoms. The minimum absolute atomic E-state index is 0.286. The van der Waals surface area contributed by atoms with E-state index in [2.05, 4.69) is 4.90 Å². The molecule has 94 valence electrons. The molecule has 0 aromatic heterocycles. The number of amides is 1. The highest BCUT2D eigenvalue weighted by molar-refractivity contribution is 5.76. The lowest BCUT2D eigenvalue weighted by molar-refractivity contribution is -0.130. The lowest BCUT2D eigenvalue weighted by Gasteiger charge is -2.20. The van der Waals surface area contributed by atoms with Gasteiger partial charge < -0.3 is 15.5 Å². The van der Waals surface area contributed by atoms with E-state index in [1.165, 1.54) is 0 Å². The largest absolute Gasteiger partial charge is 0.343 e. The van der Waals surface area contributed by atoms with E-state index >= 15 is 0 Å². The highest BCUT2D eigenvalue weighted by Crippen LogP contribution is 2.08. The van der Waals surface area contributed by atoms with E-state index in [1.54, 1.807) is 0 Å². The third-order valence-corrected chi connectivity index (χ3v) is 3.29. The van der Waals surface area contributed by atoms with Gasteiger partial charge in [0.25, 0.3) is 0 Å². The molecule has 4 heteroatoms. The van der Waals surface area contributed by atoms with Crippen LogP contribution in [0.15, 0.2) is 0 Å². The van der Waals surface area contributed by atoms with Gasteiger partial charge in [-0.1, -0.05) is 0 Å². The molecule has 1 amide bonds. The first kappa shape index (κ1) is 13.5. The van der Waals surface area contributed by atoms with Crippen LogP contribution in [0.5, 0.6) is 0 Å². The van der Waals surface area contributed by atoms with Gasteiger partial charge >= 0.3 is 0 Å². The molecule has 0 aliphatic carbocycles. The summed E-state index contributed by atoms with van der Waals surface area (Å²) in [6.07, 6.45) is 2.74. The van der Waals surface area contributed by atoms with Crippen LogP contribution in [0.25, 0.3) is 0 Å². The minimum atomic E-state index is 0.286. The summed E-state index contributed by atoms with van der Waals surface area (Å²) < 4.78 is 0. The highest BCUT2D eigenvalue weighted by atomic mass is 16.2. The Balaban J connectivity index is 2.12. The van der Waals surface area contributed by atoms with Crippen molar-refractivity contribution in [3.8, 4) is 0 Å². The quantitative estimate of drug-likeness (QED) is 0.725. The number of hydrogen-bond acceptors (Lipinski definition) is 3. The van der Waals surface area contributed by atoms with Crippen molar-refractivity contribution in [3.05, 3.63) is 0 Å². The van der Waals surface area contributed by atoms with Crippen molar-refractivity contribution in [1.29, 1.82) is 0 Å². The topological polar surface area (TPSA) is 49.6 Å². The van der Waals surface area contributed by atoms with Gasteiger partial charge in [-0.15, -0.1) is 0 Å². The predicted molar refractivity (Wildman–Crippen MR) is 66.2 cm³/mol. The average Bonchev–Trinajstić information content (AvgIpc) is 2.66. The van der Waals surface area contributed by atoms with Gasteiger partial charge in [-0.2, -0.15) is 0 Å². The molecule has 0 aromatic carbocycles. The lowest BCUT2D eigenvalue weighted by atomic mass is 10.2. The Labute approximate surface area is 98.8 Å². The first-order chi connectivity index (χ1) is 7.67. The van der Waals surface area contributed by atoms with Crippen molar-refractivity contribution in [2.75, 3.05) is 32.7 Å². The fourth-order valence-corrected chi connectivity index (χ4v) is 2.25. The summed E-state index contributed by atoms with van der Waals surface area (Å²) in [6, 6.07) is 0.346. The summed E-state index contributed by atoms with van der Waals surface area (Å²) in [4.78, 5) is 16.0. The number of nitrogens with two attached hydrogens (primary N) is 1. The predicted octanol–water partition coefficient (Wildman–Crippen LogP) is 0.668. The van der Waals surface area contributed by atoms with Crippen molar-refractivity contribution in [1.82, 2.24) is 9.80 Å². The molecule has 1 atom stereocenters. The average molecular weight is 227 g/mol. The van der Waals surface area contributed by atoms with Gasteiger partial charge in [0.1, 0.15) is 0 Å². The first-order valence-electron chi connectivity index (χ1n) is 6.43. The van der Waals surface area contributed by atoms with E-state index in [9.17, 15) is 4.79 Å². The van der Waals surface area contributed by atoms with E-state index in [4.69, 9.17) is 5.73 Å². The van der Waals surface area contributed by atoms with Gasteiger partial charge in [0, 0.05) is 32.1 Å². The normalized spacial score (nSPS) is 21.3. The molecule has 4 nitrogen and oxygen atoms in total. The van der Waals surface area contributed by atoms with Crippen molar-refractivity contribution in [2.24, 2.45) is 5.73 Å². The summed E-state index contributed by atoms with van der Waals surface area (Å²) in [5.41, 5.74) is 5.83. The van der Waals surface area contributed by atoms with Crippen molar-refractivity contribution < 1.29 is 4.79 Å². The van der Waals surface area contributed by atoms with Gasteiger partial charge in [0.2, 0.25) is 5.91 Å². The zero-order valence-electron chi connectivity index (χ0n) is 10.6. The maximum absolute atomic E-state index is 11.7. The van der Waals surface area contributed by atoms with Crippen LogP contribution in [0.4, 0.5) is 0 Å². The zero-order chi connectivity index (χ0) is 12.0. The molecular weight excluding hydrogens is 202 g/mol. The third kappa shape index (κ3) is 4.10. The third-order valence-electron chi connectivity index (χ3n) is 3.29. The standard InChI is InChI=1S/C12H25N3O/c1-3-15(4-2)12(16)6-5-8-14-9-7-11(13)10-14/h11H,3-10,13H2,1-2H3. The molecule has 2 N–H and O–H groups in total. The van der Waals surface area contributed by atoms with Crippen LogP contribution >= 0.6 is 0 Å². The van der Waals surface area contributed by atoms with Gasteiger partial charge in [-0.25, -0.2) is 0 Å². The van der Waals surface area contributed by atoms with Crippen LogP contribution in [0, 0.1) is 0 Å². The number of rotatable bonds is 6. The Bertz CT molecular complexity index is 216. The Morgan fingerprint density at radius 2 is 2.12 bits per heavy atom. The van der Waals surface area contributed by atoms with Gasteiger partial charge in [-0.3, -0.25) is 4.79 Å². The van der Waals surface area contributed by atoms with Crippen molar-refractivity contribution >= 4 is 5.91 Å². The fourth-order valence-electron chi connectivity index (χ4n) is 2.25. The number of hydrogen-bond donors (Lipinski definition) is 1. The maximum atomic E-state index is 11.7. The molecule has 1 saturated heterocycles. The summed E-state index contributed by atoms with van der Waals surface area (Å²) in [5, 5.41) is 0. The van der Waals surface area contributed by atoms with Crippen LogP contribution in [-0.2, 0) is 4.79 Å². The first-order valence-corrected chi connectivity index (χ1v) is 6.43. The molecule has 16 heavy (non-hydrogen) atoms. The SMILES string of the molecule is CCN(CC)C(=O)CCCN1CCC(N)C1. The van der Waals surface area contributed by atoms with Gasteiger partial charge in [-0.05, 0) is 39.8 Å². The number of likely N-dealkylation sites (tertiary alicyclic amines) is 1. The van der Waals surface area contributed by atoms with E-state index in [1.807, 2.05) is 18.7 Å². The highest BCUT2D eigenvalue weighted by Gasteiger charge is 2.18. The molecule has 1 aliphatic heterocycles. The molecule has 1 heterocycles. The maximum Gasteiger partial charge on any atom is 0.222 e. The van der Waals surface area contributed by atoms with Crippen LogP contribution in [0.3, 0.4) is 0 Å². The molecule has 1 fully saturated rings. The molecule has 1 aliphatic rings. The van der Waals surface area contributed by atoms with E-state index in [0.717, 1.165) is 45.6 Å². The number of nitrogens with zero attached hydrogens (tertiary/aromatic N) is 2. The zero-order valence-corrected chi connectivity index (χ0v) is 10.6. The Kier molecular flexibility index (Phi) is 5.77. The number of carbonyl (C=O) groups excluding carboxylic acids is 1. The molecule has 0 aromatic rings. The second-order valence-electron chi connectivity index (χ2n) is 4.52. The Hall–Kier alpha value is -0.610. The van der Waals surface area contributed by atoms with Crippen LogP contribution in [-0.4, -0.2) is 54.5 Å². The second-order valence-corrected chi connectivity index (χ2v) is 4.52. The fraction of sp³-hybridized carbons (Fsp3) is 0.917. The Morgan fingerprint density at radius 3 is 2.62 bits per heavy atom. The Morgan fingerprint density at radius 1 is 1.44 bits per heavy atom. The summed E-state index contributed by atoms with van der Waals surface area (Å²) in [6.45, 7) is 8.82. The van der Waals surface area contributed by atoms with E-state index < -0.39 is 0 Å². The molecule has 0 saturated carbocycles. The van der Waals surface area contributed by atoms with Crippen molar-refractivity contribution in [2.45, 2.75) is 39.2 Å². The summed E-state index contributed by atoms with van der Waals surface area (Å²) in [7, 11) is 0.